The Bertz CT molecular complexity index is 790. The Morgan fingerprint density at radius 3 is 2.36 bits per heavy atom. The average Bonchev–Trinajstić information content (AvgIpc) is 3.22. The van der Waals surface area contributed by atoms with Crippen LogP contribution >= 0.6 is 0 Å². The van der Waals surface area contributed by atoms with E-state index < -0.39 is 29.6 Å². The minimum absolute atomic E-state index is 0.0519. The number of ether oxygens (including phenoxy) is 2. The molecule has 2 unspecified atom stereocenters. The van der Waals surface area contributed by atoms with E-state index >= 15 is 0 Å². The molecule has 0 saturated heterocycles. The number of methoxy groups -OCH3 is 1. The summed E-state index contributed by atoms with van der Waals surface area (Å²) in [5.41, 5.74) is 1.66. The van der Waals surface area contributed by atoms with Crippen LogP contribution in [-0.2, 0) is 23.9 Å². The van der Waals surface area contributed by atoms with E-state index in [-0.39, 0.29) is 24.7 Å². The van der Waals surface area contributed by atoms with Gasteiger partial charge in [0.25, 0.3) is 0 Å². The zero-order valence-corrected chi connectivity index (χ0v) is 16.2. The Morgan fingerprint density at radius 2 is 1.79 bits per heavy atom. The molecule has 150 valence electrons. The largest absolute Gasteiger partial charge is 0.466 e. The van der Waals surface area contributed by atoms with Crippen LogP contribution in [-0.4, -0.2) is 31.4 Å². The van der Waals surface area contributed by atoms with E-state index in [0.717, 1.165) is 31.3 Å². The molecule has 0 N–H and O–H groups in total. The van der Waals surface area contributed by atoms with Crippen LogP contribution in [0.15, 0.2) is 35.4 Å². The van der Waals surface area contributed by atoms with Crippen LogP contribution in [0.1, 0.15) is 50.5 Å². The summed E-state index contributed by atoms with van der Waals surface area (Å²) in [4.78, 5) is 38.5. The molecule has 0 bridgehead atoms. The normalized spacial score (nSPS) is 23.0. The van der Waals surface area contributed by atoms with Crippen LogP contribution in [0, 0.1) is 17.7 Å². The summed E-state index contributed by atoms with van der Waals surface area (Å²) in [7, 11) is 1.29. The maximum absolute atomic E-state index is 13.5. The first-order chi connectivity index (χ1) is 13.5. The molecule has 0 amide bonds. The Morgan fingerprint density at radius 1 is 1.14 bits per heavy atom. The van der Waals surface area contributed by atoms with Gasteiger partial charge in [-0.05, 0) is 49.0 Å². The van der Waals surface area contributed by atoms with E-state index in [9.17, 15) is 18.8 Å². The number of carbonyl (C=O) groups excluding carboxylic acids is 3. The summed E-state index contributed by atoms with van der Waals surface area (Å²) < 4.78 is 23.7. The topological polar surface area (TPSA) is 69.7 Å². The second-order valence-corrected chi connectivity index (χ2v) is 7.31. The van der Waals surface area contributed by atoms with Gasteiger partial charge in [-0.15, -0.1) is 0 Å². The Kier molecular flexibility index (Phi) is 6.27. The molecule has 1 aromatic carbocycles. The Hall–Kier alpha value is -2.50. The van der Waals surface area contributed by atoms with Crippen LogP contribution in [0.3, 0.4) is 0 Å². The third-order valence-electron chi connectivity index (χ3n) is 5.72. The van der Waals surface area contributed by atoms with Crippen molar-refractivity contribution >= 4 is 17.7 Å². The first-order valence-corrected chi connectivity index (χ1v) is 9.74. The average molecular weight is 388 g/mol. The highest BCUT2D eigenvalue weighted by atomic mass is 19.1. The van der Waals surface area contributed by atoms with Crippen molar-refractivity contribution in [3.8, 4) is 0 Å². The fraction of sp³-hybridized carbons (Fsp3) is 0.500. The van der Waals surface area contributed by atoms with Crippen molar-refractivity contribution in [1.82, 2.24) is 0 Å². The minimum atomic E-state index is -1.13. The quantitative estimate of drug-likeness (QED) is 0.568. The first-order valence-electron chi connectivity index (χ1n) is 9.74. The number of esters is 2. The maximum atomic E-state index is 13.5. The van der Waals surface area contributed by atoms with Gasteiger partial charge < -0.3 is 9.47 Å². The van der Waals surface area contributed by atoms with Gasteiger partial charge in [0.1, 0.15) is 11.7 Å². The van der Waals surface area contributed by atoms with Crippen molar-refractivity contribution in [2.24, 2.45) is 11.8 Å². The summed E-state index contributed by atoms with van der Waals surface area (Å²) in [6.45, 7) is 1.80. The number of halogens is 1. The second-order valence-electron chi connectivity index (χ2n) is 7.31. The number of rotatable bonds is 5. The zero-order chi connectivity index (χ0) is 20.3. The van der Waals surface area contributed by atoms with E-state index in [0.29, 0.717) is 11.1 Å². The van der Waals surface area contributed by atoms with E-state index in [1.165, 1.54) is 31.4 Å². The number of hydrogen-bond donors (Lipinski definition) is 0. The lowest BCUT2D eigenvalue weighted by atomic mass is 9.68. The first kappa shape index (κ1) is 20.2. The number of carbonyl (C=O) groups is 3. The molecule has 1 fully saturated rings. The van der Waals surface area contributed by atoms with Crippen molar-refractivity contribution in [3.05, 3.63) is 46.8 Å². The molecule has 0 aromatic heterocycles. The monoisotopic (exact) mass is 388 g/mol. The fourth-order valence-corrected chi connectivity index (χ4v) is 4.48. The number of benzene rings is 1. The standard InChI is InChI=1S/C22H25FO5/c1-3-28-22(26)20-17(24)12-16(13-6-4-5-7-13)19(21(25)27-2)18(20)14-8-10-15(23)11-9-14/h8-11,13,18,20H,3-7,12H2,1-2H3. The number of Topliss-reactive ketones (excluding diaryl/α,β-unsaturated/α-hetero) is 1. The van der Waals surface area contributed by atoms with Crippen LogP contribution in [0.5, 0.6) is 0 Å². The lowest BCUT2D eigenvalue weighted by Crippen LogP contribution is -2.39. The van der Waals surface area contributed by atoms with Crippen molar-refractivity contribution in [1.29, 1.82) is 0 Å². The zero-order valence-electron chi connectivity index (χ0n) is 16.2. The van der Waals surface area contributed by atoms with Crippen LogP contribution < -0.4 is 0 Å². The van der Waals surface area contributed by atoms with E-state index in [4.69, 9.17) is 9.47 Å². The van der Waals surface area contributed by atoms with Gasteiger partial charge in [-0.2, -0.15) is 0 Å². The molecular weight excluding hydrogens is 363 g/mol. The lowest BCUT2D eigenvalue weighted by Gasteiger charge is -2.34. The molecule has 3 rings (SSSR count). The van der Waals surface area contributed by atoms with Crippen molar-refractivity contribution in [2.45, 2.75) is 44.9 Å². The third kappa shape index (κ3) is 3.86. The van der Waals surface area contributed by atoms with Gasteiger partial charge in [0.2, 0.25) is 0 Å². The highest BCUT2D eigenvalue weighted by Gasteiger charge is 2.47. The van der Waals surface area contributed by atoms with Crippen molar-refractivity contribution in [2.75, 3.05) is 13.7 Å². The molecular formula is C22H25FO5. The maximum Gasteiger partial charge on any atom is 0.334 e. The number of allylic oxidation sites excluding steroid dienone is 1. The molecule has 1 aromatic rings. The molecule has 5 nitrogen and oxygen atoms in total. The van der Waals surface area contributed by atoms with Crippen molar-refractivity contribution < 1.29 is 28.2 Å². The van der Waals surface area contributed by atoms with E-state index in [1.807, 2.05) is 0 Å². The molecule has 1 saturated carbocycles. The molecule has 0 radical (unpaired) electrons. The van der Waals surface area contributed by atoms with Crippen LogP contribution in [0.25, 0.3) is 0 Å². The van der Waals surface area contributed by atoms with E-state index in [1.54, 1.807) is 6.92 Å². The predicted molar refractivity (Wildman–Crippen MR) is 99.9 cm³/mol. The van der Waals surface area contributed by atoms with Crippen LogP contribution in [0.2, 0.25) is 0 Å². The Labute approximate surface area is 163 Å². The van der Waals surface area contributed by atoms with Gasteiger partial charge in [0.15, 0.2) is 5.78 Å². The smallest absolute Gasteiger partial charge is 0.334 e. The second kappa shape index (κ2) is 8.67. The molecule has 2 atom stereocenters. The Balaban J connectivity index is 2.18. The molecule has 2 aliphatic carbocycles. The molecule has 2 aliphatic rings. The van der Waals surface area contributed by atoms with Gasteiger partial charge in [-0.1, -0.05) is 25.0 Å². The van der Waals surface area contributed by atoms with Gasteiger partial charge >= 0.3 is 11.9 Å². The van der Waals surface area contributed by atoms with Crippen LogP contribution in [0.4, 0.5) is 4.39 Å². The van der Waals surface area contributed by atoms with E-state index in [2.05, 4.69) is 0 Å². The highest BCUT2D eigenvalue weighted by molar-refractivity contribution is 6.07. The predicted octanol–water partition coefficient (Wildman–Crippen LogP) is 3.72. The summed E-state index contributed by atoms with van der Waals surface area (Å²) in [5, 5.41) is 0. The third-order valence-corrected chi connectivity index (χ3v) is 5.72. The van der Waals surface area contributed by atoms with Gasteiger partial charge in [0, 0.05) is 17.9 Å². The van der Waals surface area contributed by atoms with Gasteiger partial charge in [-0.3, -0.25) is 9.59 Å². The SMILES string of the molecule is CCOC(=O)C1C(=O)CC(C2CCCC2)=C(C(=O)OC)C1c1ccc(F)cc1. The van der Waals surface area contributed by atoms with Gasteiger partial charge in [-0.25, -0.2) is 9.18 Å². The molecule has 6 heteroatoms. The fourth-order valence-electron chi connectivity index (χ4n) is 4.48. The summed E-state index contributed by atoms with van der Waals surface area (Å²) >= 11 is 0. The number of ketones is 1. The lowest BCUT2D eigenvalue weighted by molar-refractivity contribution is -0.152. The highest BCUT2D eigenvalue weighted by Crippen LogP contribution is 2.46. The summed E-state index contributed by atoms with van der Waals surface area (Å²) in [6, 6.07) is 5.56. The number of hydrogen-bond acceptors (Lipinski definition) is 5. The summed E-state index contributed by atoms with van der Waals surface area (Å²) in [6.07, 6.45) is 3.95. The van der Waals surface area contributed by atoms with Crippen molar-refractivity contribution in [3.63, 3.8) is 0 Å². The van der Waals surface area contributed by atoms with Gasteiger partial charge in [0.05, 0.1) is 13.7 Å². The molecule has 0 aliphatic heterocycles. The molecule has 0 heterocycles. The molecule has 28 heavy (non-hydrogen) atoms. The summed E-state index contributed by atoms with van der Waals surface area (Å²) in [5.74, 6) is -3.73. The minimum Gasteiger partial charge on any atom is -0.466 e. The molecule has 0 spiro atoms.